The summed E-state index contributed by atoms with van der Waals surface area (Å²) >= 11 is 8.93. The van der Waals surface area contributed by atoms with Gasteiger partial charge in [0.2, 0.25) is 0 Å². The molecule has 0 bridgehead atoms. The average molecular weight is 252 g/mol. The molecule has 0 amide bonds. The fourth-order valence-electron chi connectivity index (χ4n) is 0.739. The lowest BCUT2D eigenvalue weighted by molar-refractivity contribution is 0.275. The zero-order chi connectivity index (χ0) is 9.14. The number of aliphatic hydroxyl groups is 1. The maximum Gasteiger partial charge on any atom is 0.171 e. The number of nitrogens with zero attached hydrogens (tertiary/aromatic N) is 1. The summed E-state index contributed by atoms with van der Waals surface area (Å²) in [5.41, 5.74) is 0.501. The Kier molecular flexibility index (Phi) is 3.31. The van der Waals surface area contributed by atoms with Gasteiger partial charge >= 0.3 is 0 Å². The van der Waals surface area contributed by atoms with Crippen LogP contribution < -0.4 is 4.74 Å². The largest absolute Gasteiger partial charge is 0.493 e. The van der Waals surface area contributed by atoms with Crippen LogP contribution >= 0.6 is 27.5 Å². The highest BCUT2D eigenvalue weighted by Gasteiger charge is 2.07. The minimum Gasteiger partial charge on any atom is -0.493 e. The van der Waals surface area contributed by atoms with Crippen molar-refractivity contribution >= 4 is 27.5 Å². The number of pyridine rings is 1. The summed E-state index contributed by atoms with van der Waals surface area (Å²) in [7, 11) is 1.51. The fourth-order valence-corrected chi connectivity index (χ4v) is 1.39. The topological polar surface area (TPSA) is 42.4 Å². The number of methoxy groups -OCH3 is 1. The van der Waals surface area contributed by atoms with Gasteiger partial charge in [0.15, 0.2) is 10.9 Å². The number of hydrogen-bond acceptors (Lipinski definition) is 3. The first-order valence-corrected chi connectivity index (χ1v) is 4.36. The first kappa shape index (κ1) is 9.77. The third-order valence-corrected chi connectivity index (χ3v) is 2.30. The Morgan fingerprint density at radius 1 is 1.75 bits per heavy atom. The van der Waals surface area contributed by atoms with Gasteiger partial charge in [-0.05, 0) is 22.0 Å². The number of rotatable bonds is 2. The molecule has 1 N–H and O–H groups in total. The van der Waals surface area contributed by atoms with Crippen LogP contribution in [0.2, 0.25) is 5.15 Å². The summed E-state index contributed by atoms with van der Waals surface area (Å²) in [5.74, 6) is 0.487. The van der Waals surface area contributed by atoms with Crippen molar-refractivity contribution in [1.29, 1.82) is 0 Å². The van der Waals surface area contributed by atoms with E-state index in [1.54, 1.807) is 6.07 Å². The lowest BCUT2D eigenvalue weighted by Crippen LogP contribution is -1.94. The zero-order valence-corrected chi connectivity index (χ0v) is 8.68. The summed E-state index contributed by atoms with van der Waals surface area (Å²) in [6.07, 6.45) is 0. The Balaban J connectivity index is 3.16. The van der Waals surface area contributed by atoms with Crippen molar-refractivity contribution in [1.82, 2.24) is 4.98 Å². The van der Waals surface area contributed by atoms with Gasteiger partial charge in [0.05, 0.1) is 19.4 Å². The minimum absolute atomic E-state index is 0.149. The van der Waals surface area contributed by atoms with Crippen LogP contribution in [0.1, 0.15) is 5.69 Å². The molecule has 0 aromatic carbocycles. The Morgan fingerprint density at radius 2 is 2.42 bits per heavy atom. The molecule has 3 nitrogen and oxygen atoms in total. The molecule has 0 saturated heterocycles. The molecule has 66 valence electrons. The fraction of sp³-hybridized carbons (Fsp3) is 0.286. The van der Waals surface area contributed by atoms with E-state index in [0.717, 1.165) is 0 Å². The maximum absolute atomic E-state index is 8.81. The molecule has 0 aliphatic carbocycles. The first-order valence-electron chi connectivity index (χ1n) is 3.18. The highest BCUT2D eigenvalue weighted by atomic mass is 79.9. The average Bonchev–Trinajstić information content (AvgIpc) is 2.08. The van der Waals surface area contributed by atoms with Gasteiger partial charge in [-0.3, -0.25) is 0 Å². The number of aliphatic hydroxyl groups excluding tert-OH is 1. The SMILES string of the molecule is COc1cc(Br)c(CO)nc1Cl. The smallest absolute Gasteiger partial charge is 0.171 e. The first-order chi connectivity index (χ1) is 5.69. The molecule has 0 aliphatic rings. The van der Waals surface area contributed by atoms with Crippen LogP contribution in [0.25, 0.3) is 0 Å². The highest BCUT2D eigenvalue weighted by Crippen LogP contribution is 2.27. The van der Waals surface area contributed by atoms with Gasteiger partial charge in [0, 0.05) is 4.47 Å². The van der Waals surface area contributed by atoms with Crippen LogP contribution in [0.4, 0.5) is 0 Å². The number of aromatic nitrogens is 1. The normalized spacial score (nSPS) is 10.0. The molecule has 0 atom stereocenters. The summed E-state index contributed by atoms with van der Waals surface area (Å²) < 4.78 is 5.61. The van der Waals surface area contributed by atoms with Gasteiger partial charge < -0.3 is 9.84 Å². The van der Waals surface area contributed by atoms with E-state index >= 15 is 0 Å². The molecule has 0 radical (unpaired) electrons. The lowest BCUT2D eigenvalue weighted by Gasteiger charge is -2.05. The molecule has 1 aromatic rings. The van der Waals surface area contributed by atoms with E-state index in [4.69, 9.17) is 21.4 Å². The van der Waals surface area contributed by atoms with Crippen molar-refractivity contribution in [3.63, 3.8) is 0 Å². The Hall–Kier alpha value is -0.320. The van der Waals surface area contributed by atoms with Crippen LogP contribution in [0, 0.1) is 0 Å². The predicted molar refractivity (Wildman–Crippen MR) is 49.4 cm³/mol. The molecule has 1 aromatic heterocycles. The number of hydrogen-bond donors (Lipinski definition) is 1. The lowest BCUT2D eigenvalue weighted by atomic mass is 10.3. The number of ether oxygens (including phenoxy) is 1. The summed E-state index contributed by atoms with van der Waals surface area (Å²) in [5, 5.41) is 9.07. The van der Waals surface area contributed by atoms with Crippen LogP contribution in [0.3, 0.4) is 0 Å². The van der Waals surface area contributed by atoms with Gasteiger partial charge in [0.1, 0.15) is 0 Å². The minimum atomic E-state index is -0.149. The number of halogens is 2. The molecule has 0 aliphatic heterocycles. The van der Waals surface area contributed by atoms with E-state index in [-0.39, 0.29) is 11.8 Å². The van der Waals surface area contributed by atoms with Crippen LogP contribution in [-0.2, 0) is 6.61 Å². The third-order valence-electron chi connectivity index (χ3n) is 1.34. The second-order valence-electron chi connectivity index (χ2n) is 2.07. The van der Waals surface area contributed by atoms with Gasteiger partial charge in [-0.25, -0.2) is 4.98 Å². The van der Waals surface area contributed by atoms with E-state index in [2.05, 4.69) is 20.9 Å². The third kappa shape index (κ3) is 1.88. The quantitative estimate of drug-likeness (QED) is 0.819. The van der Waals surface area contributed by atoms with Gasteiger partial charge in [-0.15, -0.1) is 0 Å². The van der Waals surface area contributed by atoms with Crippen LogP contribution in [0.15, 0.2) is 10.5 Å². The van der Waals surface area contributed by atoms with Crippen LogP contribution in [0.5, 0.6) is 5.75 Å². The molecule has 1 heterocycles. The van der Waals surface area contributed by atoms with Crippen molar-refractivity contribution in [2.75, 3.05) is 7.11 Å². The highest BCUT2D eigenvalue weighted by molar-refractivity contribution is 9.10. The summed E-state index contributed by atoms with van der Waals surface area (Å²) in [6, 6.07) is 1.67. The monoisotopic (exact) mass is 251 g/mol. The molecule has 0 saturated carbocycles. The molecule has 0 unspecified atom stereocenters. The van der Waals surface area contributed by atoms with E-state index in [0.29, 0.717) is 15.9 Å². The molecule has 12 heavy (non-hydrogen) atoms. The summed E-state index contributed by atoms with van der Waals surface area (Å²) in [4.78, 5) is 3.91. The van der Waals surface area contributed by atoms with Gasteiger partial charge in [0.25, 0.3) is 0 Å². The van der Waals surface area contributed by atoms with Crippen molar-refractivity contribution in [3.8, 4) is 5.75 Å². The second kappa shape index (κ2) is 4.07. The molecule has 0 fully saturated rings. The molecule has 0 spiro atoms. The molecule has 5 heteroatoms. The van der Waals surface area contributed by atoms with Crippen molar-refractivity contribution in [3.05, 3.63) is 21.4 Å². The van der Waals surface area contributed by atoms with E-state index in [1.165, 1.54) is 7.11 Å². The van der Waals surface area contributed by atoms with Crippen molar-refractivity contribution in [2.45, 2.75) is 6.61 Å². The molecule has 1 rings (SSSR count). The molecular formula is C7H7BrClNO2. The van der Waals surface area contributed by atoms with Crippen molar-refractivity contribution < 1.29 is 9.84 Å². The predicted octanol–water partition coefficient (Wildman–Crippen LogP) is 2.00. The van der Waals surface area contributed by atoms with Crippen LogP contribution in [-0.4, -0.2) is 17.2 Å². The standard InChI is InChI=1S/C7H7BrClNO2/c1-12-6-2-4(8)5(3-11)10-7(6)9/h2,11H,3H2,1H3. The molecular weight excluding hydrogens is 245 g/mol. The Morgan fingerprint density at radius 3 is 2.92 bits per heavy atom. The zero-order valence-electron chi connectivity index (χ0n) is 6.34. The Labute approximate surface area is 83.5 Å². The van der Waals surface area contributed by atoms with Gasteiger partial charge in [-0.1, -0.05) is 11.6 Å². The Bertz CT molecular complexity index is 263. The van der Waals surface area contributed by atoms with Gasteiger partial charge in [-0.2, -0.15) is 0 Å². The van der Waals surface area contributed by atoms with E-state index < -0.39 is 0 Å². The second-order valence-corrected chi connectivity index (χ2v) is 3.28. The summed E-state index contributed by atoms with van der Waals surface area (Å²) in [6.45, 7) is -0.149. The van der Waals surface area contributed by atoms with E-state index in [9.17, 15) is 0 Å². The van der Waals surface area contributed by atoms with Crippen molar-refractivity contribution in [2.24, 2.45) is 0 Å². The maximum atomic E-state index is 8.81. The van der Waals surface area contributed by atoms with E-state index in [1.807, 2.05) is 0 Å².